The molecule has 29 heavy (non-hydrogen) atoms. The van der Waals surface area contributed by atoms with Gasteiger partial charge < -0.3 is 15.8 Å². The number of amidine groups is 1. The van der Waals surface area contributed by atoms with Crippen LogP contribution in [0.25, 0.3) is 0 Å². The van der Waals surface area contributed by atoms with Crippen LogP contribution in [-0.4, -0.2) is 44.0 Å². The van der Waals surface area contributed by atoms with Crippen LogP contribution in [0.3, 0.4) is 0 Å². The Morgan fingerprint density at radius 1 is 1.31 bits per heavy atom. The first-order valence-corrected chi connectivity index (χ1v) is 10.3. The molecule has 0 spiro atoms. The van der Waals surface area contributed by atoms with Gasteiger partial charge >= 0.3 is 6.18 Å². The molecule has 2 aliphatic heterocycles. The van der Waals surface area contributed by atoms with E-state index in [2.05, 4.69) is 10.3 Å². The summed E-state index contributed by atoms with van der Waals surface area (Å²) in [6.07, 6.45) is -3.55. The second kappa shape index (κ2) is 11.7. The number of benzene rings is 1. The summed E-state index contributed by atoms with van der Waals surface area (Å²) in [4.78, 5) is 4.52. The van der Waals surface area contributed by atoms with Crippen molar-refractivity contribution in [1.29, 1.82) is 0 Å². The van der Waals surface area contributed by atoms with Crippen molar-refractivity contribution >= 4 is 16.9 Å². The largest absolute Gasteiger partial charge is 0.401 e. The summed E-state index contributed by atoms with van der Waals surface area (Å²) < 4.78 is 66.5. The number of hydrogen-bond donors (Lipinski definition) is 2. The lowest BCUT2D eigenvalue weighted by atomic mass is 9.76. The van der Waals surface area contributed by atoms with Gasteiger partial charge in [0.05, 0.1) is 20.3 Å². The molecule has 0 amide bonds. The van der Waals surface area contributed by atoms with Gasteiger partial charge in [0.25, 0.3) is 0 Å². The number of nitrogens with zero attached hydrogens (tertiary/aromatic N) is 1. The minimum atomic E-state index is -4.29. The molecule has 0 aliphatic carbocycles. The van der Waals surface area contributed by atoms with Gasteiger partial charge in [-0.05, 0) is 24.1 Å². The Balaban J connectivity index is 0.000000989. The number of ether oxygens (including phenoxy) is 1. The molecule has 0 radical (unpaired) electrons. The average Bonchev–Trinajstić information content (AvgIpc) is 2.71. The van der Waals surface area contributed by atoms with E-state index in [1.165, 1.54) is 23.9 Å². The number of halogens is 5. The molecule has 3 rings (SSSR count). The van der Waals surface area contributed by atoms with Gasteiger partial charge in [-0.3, -0.25) is 4.39 Å². The molecule has 2 heterocycles. The highest BCUT2D eigenvalue weighted by molar-refractivity contribution is 8.13. The SMILES string of the molecule is CC.CF.NC1=NC2(c3cc(CNCC(F)(F)F)ccc3F)COCCC2CS1. The third-order valence-corrected chi connectivity index (χ3v) is 5.46. The summed E-state index contributed by atoms with van der Waals surface area (Å²) in [7, 11) is 0.500. The van der Waals surface area contributed by atoms with Crippen molar-refractivity contribution in [2.45, 2.75) is 38.5 Å². The third kappa shape index (κ3) is 6.82. The Bertz CT molecular complexity index is 672. The topological polar surface area (TPSA) is 59.6 Å². The predicted octanol–water partition coefficient (Wildman–Crippen LogP) is 4.38. The fourth-order valence-corrected chi connectivity index (χ4v) is 4.33. The van der Waals surface area contributed by atoms with Crippen molar-refractivity contribution in [1.82, 2.24) is 5.32 Å². The Hall–Kier alpha value is -1.39. The van der Waals surface area contributed by atoms with E-state index in [9.17, 15) is 22.0 Å². The lowest BCUT2D eigenvalue weighted by Gasteiger charge is -2.43. The maximum atomic E-state index is 14.6. The lowest BCUT2D eigenvalue weighted by molar-refractivity contribution is -0.125. The zero-order chi connectivity index (χ0) is 22.1. The number of hydrogen-bond acceptors (Lipinski definition) is 5. The normalized spacial score (nSPS) is 23.6. The molecule has 10 heteroatoms. The van der Waals surface area contributed by atoms with Gasteiger partial charge in [-0.2, -0.15) is 13.2 Å². The Morgan fingerprint density at radius 3 is 2.66 bits per heavy atom. The number of nitrogens with one attached hydrogen (secondary N) is 1. The van der Waals surface area contributed by atoms with E-state index in [4.69, 9.17) is 10.5 Å². The molecule has 1 aromatic carbocycles. The number of aliphatic imine (C=N–C) groups is 1. The van der Waals surface area contributed by atoms with E-state index in [0.29, 0.717) is 35.8 Å². The van der Waals surface area contributed by atoms with Crippen molar-refractivity contribution in [2.24, 2.45) is 16.6 Å². The summed E-state index contributed by atoms with van der Waals surface area (Å²) in [5, 5.41) is 2.70. The van der Waals surface area contributed by atoms with Crippen LogP contribution in [0.15, 0.2) is 23.2 Å². The van der Waals surface area contributed by atoms with Gasteiger partial charge in [-0.25, -0.2) is 9.38 Å². The number of alkyl halides is 4. The van der Waals surface area contributed by atoms with Crippen LogP contribution < -0.4 is 11.1 Å². The molecule has 2 atom stereocenters. The molecule has 1 saturated heterocycles. The van der Waals surface area contributed by atoms with E-state index < -0.39 is 24.1 Å². The Morgan fingerprint density at radius 2 is 2.00 bits per heavy atom. The molecule has 0 bridgehead atoms. The molecule has 1 aromatic rings. The quantitative estimate of drug-likeness (QED) is 0.681. The Kier molecular flexibility index (Phi) is 10.4. The number of rotatable bonds is 4. The Labute approximate surface area is 172 Å². The molecule has 1 fully saturated rings. The highest BCUT2D eigenvalue weighted by Gasteiger charge is 2.47. The van der Waals surface area contributed by atoms with Crippen LogP contribution in [0, 0.1) is 11.7 Å². The van der Waals surface area contributed by atoms with E-state index in [-0.39, 0.29) is 19.1 Å². The van der Waals surface area contributed by atoms with Crippen molar-refractivity contribution in [2.75, 3.05) is 32.7 Å². The summed E-state index contributed by atoms with van der Waals surface area (Å²) in [5.41, 5.74) is 5.87. The number of thioether (sulfide) groups is 1. The first-order chi connectivity index (χ1) is 13.8. The molecular formula is C19H28F5N3OS. The van der Waals surface area contributed by atoms with Gasteiger partial charge in [0.2, 0.25) is 0 Å². The molecule has 4 nitrogen and oxygen atoms in total. The van der Waals surface area contributed by atoms with E-state index in [0.717, 1.165) is 6.42 Å². The van der Waals surface area contributed by atoms with Crippen LogP contribution in [-0.2, 0) is 16.8 Å². The second-order valence-corrected chi connectivity index (χ2v) is 7.30. The lowest BCUT2D eigenvalue weighted by Crippen LogP contribution is -2.48. The molecule has 0 saturated carbocycles. The maximum absolute atomic E-state index is 14.6. The monoisotopic (exact) mass is 441 g/mol. The number of nitrogens with two attached hydrogens (primary N) is 1. The van der Waals surface area contributed by atoms with Gasteiger partial charge in [-0.1, -0.05) is 31.7 Å². The zero-order valence-electron chi connectivity index (χ0n) is 16.8. The van der Waals surface area contributed by atoms with Crippen molar-refractivity contribution in [3.05, 3.63) is 35.1 Å². The summed E-state index contributed by atoms with van der Waals surface area (Å²) in [5.74, 6) is 0.347. The van der Waals surface area contributed by atoms with Crippen molar-refractivity contribution in [3.8, 4) is 0 Å². The van der Waals surface area contributed by atoms with E-state index in [1.807, 2.05) is 13.8 Å². The van der Waals surface area contributed by atoms with Gasteiger partial charge in [-0.15, -0.1) is 0 Å². The van der Waals surface area contributed by atoms with Crippen LogP contribution >= 0.6 is 11.8 Å². The maximum Gasteiger partial charge on any atom is 0.401 e. The van der Waals surface area contributed by atoms with Crippen molar-refractivity contribution in [3.63, 3.8) is 0 Å². The van der Waals surface area contributed by atoms with E-state index in [1.54, 1.807) is 6.07 Å². The first-order valence-electron chi connectivity index (χ1n) is 9.30. The van der Waals surface area contributed by atoms with Crippen molar-refractivity contribution < 1.29 is 26.7 Å². The van der Waals surface area contributed by atoms with Crippen LogP contribution in [0.1, 0.15) is 31.4 Å². The van der Waals surface area contributed by atoms with E-state index >= 15 is 0 Å². The van der Waals surface area contributed by atoms with Crippen LogP contribution in [0.5, 0.6) is 0 Å². The van der Waals surface area contributed by atoms with Crippen LogP contribution in [0.4, 0.5) is 22.0 Å². The highest BCUT2D eigenvalue weighted by Crippen LogP contribution is 2.45. The van der Waals surface area contributed by atoms with Gasteiger partial charge in [0.15, 0.2) is 5.17 Å². The number of fused-ring (bicyclic) bond motifs is 1. The fraction of sp³-hybridized carbons (Fsp3) is 0.632. The molecule has 2 aliphatic rings. The minimum absolute atomic E-state index is 0.0116. The van der Waals surface area contributed by atoms with Crippen LogP contribution in [0.2, 0.25) is 0 Å². The molecule has 166 valence electrons. The summed E-state index contributed by atoms with van der Waals surface area (Å²) in [6.45, 7) is 3.69. The molecule has 3 N–H and O–H groups in total. The summed E-state index contributed by atoms with van der Waals surface area (Å²) in [6, 6.07) is 4.32. The van der Waals surface area contributed by atoms with Gasteiger partial charge in [0, 0.05) is 30.4 Å². The highest BCUT2D eigenvalue weighted by atomic mass is 32.2. The third-order valence-electron chi connectivity index (χ3n) is 4.50. The minimum Gasteiger partial charge on any atom is -0.379 e. The zero-order valence-corrected chi connectivity index (χ0v) is 17.6. The summed E-state index contributed by atoms with van der Waals surface area (Å²) >= 11 is 1.44. The predicted molar refractivity (Wildman–Crippen MR) is 107 cm³/mol. The molecular weight excluding hydrogens is 413 g/mol. The van der Waals surface area contributed by atoms with Gasteiger partial charge in [0.1, 0.15) is 11.4 Å². The fourth-order valence-electron chi connectivity index (χ4n) is 3.29. The molecule has 0 aromatic heterocycles. The molecule has 2 unspecified atom stereocenters. The first kappa shape index (κ1) is 25.6. The smallest absolute Gasteiger partial charge is 0.379 e. The standard InChI is InChI=1S/C16H19F4N3OS.C2H6.CH3F/c17-13-2-1-10(6-22-8-16(18,19)20)5-12(13)15-9-24-4-3-11(15)7-25-14(21)23-15;2*1-2/h1-2,5,11,22H,3-4,6-9H2,(H2,21,23);1-2H3;1H3. The second-order valence-electron chi connectivity index (χ2n) is 6.26. The average molecular weight is 442 g/mol.